The van der Waals surface area contributed by atoms with Gasteiger partial charge in [0, 0.05) is 12.6 Å². The van der Waals surface area contributed by atoms with Crippen molar-refractivity contribution in [1.82, 2.24) is 0 Å². The van der Waals surface area contributed by atoms with E-state index < -0.39 is 0 Å². The monoisotopic (exact) mass is 289 g/mol. The van der Waals surface area contributed by atoms with E-state index >= 15 is 0 Å². The Kier molecular flexibility index (Phi) is 5.43. The van der Waals surface area contributed by atoms with Crippen LogP contribution in [0.25, 0.3) is 0 Å². The number of hydrogen-bond acceptors (Lipinski definition) is 3. The van der Waals surface area contributed by atoms with Gasteiger partial charge in [-0.1, -0.05) is 12.1 Å². The maximum atomic E-state index is 13.2. The molecule has 21 heavy (non-hydrogen) atoms. The normalized spacial score (nSPS) is 10.2. The molecule has 0 heterocycles. The van der Waals surface area contributed by atoms with Gasteiger partial charge >= 0.3 is 0 Å². The molecule has 2 aromatic carbocycles. The van der Waals surface area contributed by atoms with E-state index in [1.807, 2.05) is 38.1 Å². The van der Waals surface area contributed by atoms with Gasteiger partial charge in [0.15, 0.2) is 0 Å². The average Bonchev–Trinajstić information content (AvgIpc) is 2.48. The summed E-state index contributed by atoms with van der Waals surface area (Å²) in [5.74, 6) is 1.31. The Morgan fingerprint density at radius 1 is 1.00 bits per heavy atom. The van der Waals surface area contributed by atoms with Crippen molar-refractivity contribution in [2.45, 2.75) is 20.4 Å². The van der Waals surface area contributed by atoms with Crippen LogP contribution in [0.3, 0.4) is 0 Å². The zero-order chi connectivity index (χ0) is 15.1. The SMILES string of the molecule is CCOc1ccc(OCC)c(NCc2cccc(F)c2)c1. The number of anilines is 1. The number of nitrogens with one attached hydrogen (secondary N) is 1. The van der Waals surface area contributed by atoms with Crippen LogP contribution in [0.4, 0.5) is 10.1 Å². The Bertz CT molecular complexity index is 587. The van der Waals surface area contributed by atoms with Crippen LogP contribution < -0.4 is 14.8 Å². The van der Waals surface area contributed by atoms with Crippen LogP contribution in [0.5, 0.6) is 11.5 Å². The lowest BCUT2D eigenvalue weighted by Crippen LogP contribution is -2.04. The highest BCUT2D eigenvalue weighted by atomic mass is 19.1. The second-order valence-corrected chi connectivity index (χ2v) is 4.51. The van der Waals surface area contributed by atoms with Crippen LogP contribution in [0.1, 0.15) is 19.4 Å². The third-order valence-electron chi connectivity index (χ3n) is 2.93. The van der Waals surface area contributed by atoms with E-state index in [1.54, 1.807) is 6.07 Å². The second-order valence-electron chi connectivity index (χ2n) is 4.51. The third kappa shape index (κ3) is 4.38. The molecule has 0 atom stereocenters. The number of benzene rings is 2. The third-order valence-corrected chi connectivity index (χ3v) is 2.93. The molecule has 0 aromatic heterocycles. The minimum Gasteiger partial charge on any atom is -0.494 e. The van der Waals surface area contributed by atoms with Crippen LogP contribution in [-0.4, -0.2) is 13.2 Å². The molecule has 1 N–H and O–H groups in total. The molecule has 4 heteroatoms. The van der Waals surface area contributed by atoms with Gasteiger partial charge in [-0.2, -0.15) is 0 Å². The number of halogens is 1. The van der Waals surface area contributed by atoms with Gasteiger partial charge in [-0.05, 0) is 43.7 Å². The van der Waals surface area contributed by atoms with Crippen LogP contribution in [0.2, 0.25) is 0 Å². The molecule has 0 saturated heterocycles. The molecule has 0 radical (unpaired) electrons. The molecule has 112 valence electrons. The summed E-state index contributed by atoms with van der Waals surface area (Å²) in [5.41, 5.74) is 1.71. The fourth-order valence-electron chi connectivity index (χ4n) is 2.03. The second kappa shape index (κ2) is 7.53. The van der Waals surface area contributed by atoms with Crippen molar-refractivity contribution in [1.29, 1.82) is 0 Å². The Morgan fingerprint density at radius 3 is 2.52 bits per heavy atom. The van der Waals surface area contributed by atoms with E-state index in [4.69, 9.17) is 9.47 Å². The maximum absolute atomic E-state index is 13.2. The van der Waals surface area contributed by atoms with Gasteiger partial charge in [-0.25, -0.2) is 4.39 Å². The fourth-order valence-corrected chi connectivity index (χ4v) is 2.03. The number of hydrogen-bond donors (Lipinski definition) is 1. The Balaban J connectivity index is 2.14. The van der Waals surface area contributed by atoms with Crippen LogP contribution in [0.15, 0.2) is 42.5 Å². The topological polar surface area (TPSA) is 30.5 Å². The first-order valence-corrected chi connectivity index (χ1v) is 7.11. The molecule has 0 aliphatic heterocycles. The Morgan fingerprint density at radius 2 is 1.81 bits per heavy atom. The standard InChI is InChI=1S/C17H20FNO2/c1-3-20-15-8-9-17(21-4-2)16(11-15)19-12-13-6-5-7-14(18)10-13/h5-11,19H,3-4,12H2,1-2H3. The largest absolute Gasteiger partial charge is 0.494 e. The molecule has 2 rings (SSSR count). The molecular weight excluding hydrogens is 269 g/mol. The summed E-state index contributed by atoms with van der Waals surface area (Å²) >= 11 is 0. The van der Waals surface area contributed by atoms with Crippen molar-refractivity contribution in [3.8, 4) is 11.5 Å². The first-order chi connectivity index (χ1) is 10.2. The van der Waals surface area contributed by atoms with Gasteiger partial charge in [0.1, 0.15) is 17.3 Å². The van der Waals surface area contributed by atoms with Gasteiger partial charge < -0.3 is 14.8 Å². The van der Waals surface area contributed by atoms with Crippen LogP contribution in [0, 0.1) is 5.82 Å². The molecule has 0 fully saturated rings. The highest BCUT2D eigenvalue weighted by molar-refractivity contribution is 5.60. The summed E-state index contributed by atoms with van der Waals surface area (Å²) in [6.07, 6.45) is 0. The number of rotatable bonds is 7. The van der Waals surface area contributed by atoms with Gasteiger partial charge in [0.25, 0.3) is 0 Å². The first kappa shape index (κ1) is 15.2. The summed E-state index contributed by atoms with van der Waals surface area (Å²) in [5, 5.41) is 3.27. The minimum atomic E-state index is -0.234. The lowest BCUT2D eigenvalue weighted by Gasteiger charge is -2.14. The van der Waals surface area contributed by atoms with Gasteiger partial charge in [0.2, 0.25) is 0 Å². The predicted molar refractivity (Wildman–Crippen MR) is 82.5 cm³/mol. The molecule has 0 spiro atoms. The molecule has 0 saturated carbocycles. The zero-order valence-corrected chi connectivity index (χ0v) is 12.4. The Hall–Kier alpha value is -2.23. The summed E-state index contributed by atoms with van der Waals surface area (Å²) < 4.78 is 24.3. The fraction of sp³-hybridized carbons (Fsp3) is 0.294. The Labute approximate surface area is 124 Å². The van der Waals surface area contributed by atoms with E-state index in [0.717, 1.165) is 22.7 Å². The predicted octanol–water partition coefficient (Wildman–Crippen LogP) is 4.24. The van der Waals surface area contributed by atoms with Gasteiger partial charge in [0.05, 0.1) is 18.9 Å². The van der Waals surface area contributed by atoms with Crippen molar-refractivity contribution in [3.63, 3.8) is 0 Å². The minimum absolute atomic E-state index is 0.234. The maximum Gasteiger partial charge on any atom is 0.142 e. The van der Waals surface area contributed by atoms with Crippen molar-refractivity contribution >= 4 is 5.69 Å². The van der Waals surface area contributed by atoms with E-state index in [0.29, 0.717) is 19.8 Å². The van der Waals surface area contributed by atoms with E-state index in [-0.39, 0.29) is 5.82 Å². The number of ether oxygens (including phenoxy) is 2. The lowest BCUT2D eigenvalue weighted by molar-refractivity contribution is 0.332. The molecular formula is C17H20FNO2. The van der Waals surface area contributed by atoms with Crippen molar-refractivity contribution in [2.75, 3.05) is 18.5 Å². The van der Waals surface area contributed by atoms with Crippen molar-refractivity contribution < 1.29 is 13.9 Å². The molecule has 2 aromatic rings. The molecule has 0 unspecified atom stereocenters. The zero-order valence-electron chi connectivity index (χ0n) is 12.4. The highest BCUT2D eigenvalue weighted by Crippen LogP contribution is 2.29. The summed E-state index contributed by atoms with van der Waals surface area (Å²) in [7, 11) is 0. The lowest BCUT2D eigenvalue weighted by atomic mass is 10.2. The quantitative estimate of drug-likeness (QED) is 0.827. The first-order valence-electron chi connectivity index (χ1n) is 7.11. The van der Waals surface area contributed by atoms with Crippen LogP contribution in [-0.2, 0) is 6.54 Å². The average molecular weight is 289 g/mol. The molecule has 3 nitrogen and oxygen atoms in total. The molecule has 0 aliphatic rings. The van der Waals surface area contributed by atoms with Gasteiger partial charge in [-0.15, -0.1) is 0 Å². The van der Waals surface area contributed by atoms with Crippen molar-refractivity contribution in [3.05, 3.63) is 53.8 Å². The molecule has 0 bridgehead atoms. The van der Waals surface area contributed by atoms with E-state index in [1.165, 1.54) is 12.1 Å². The summed E-state index contributed by atoms with van der Waals surface area (Å²) in [4.78, 5) is 0. The van der Waals surface area contributed by atoms with Crippen LogP contribution >= 0.6 is 0 Å². The van der Waals surface area contributed by atoms with Gasteiger partial charge in [-0.3, -0.25) is 0 Å². The van der Waals surface area contributed by atoms with Crippen molar-refractivity contribution in [2.24, 2.45) is 0 Å². The summed E-state index contributed by atoms with van der Waals surface area (Å²) in [6, 6.07) is 12.2. The summed E-state index contributed by atoms with van der Waals surface area (Å²) in [6.45, 7) is 5.59. The van der Waals surface area contributed by atoms with E-state index in [9.17, 15) is 4.39 Å². The molecule has 0 amide bonds. The molecule has 0 aliphatic carbocycles. The van der Waals surface area contributed by atoms with E-state index in [2.05, 4.69) is 5.32 Å². The highest BCUT2D eigenvalue weighted by Gasteiger charge is 2.06. The smallest absolute Gasteiger partial charge is 0.142 e.